The highest BCUT2D eigenvalue weighted by molar-refractivity contribution is 9.10. The van der Waals surface area contributed by atoms with Gasteiger partial charge in [0.05, 0.1) is 7.11 Å². The van der Waals surface area contributed by atoms with Crippen molar-refractivity contribution in [3.05, 3.63) is 46.7 Å². The lowest BCUT2D eigenvalue weighted by molar-refractivity contribution is 0.415. The van der Waals surface area contributed by atoms with Gasteiger partial charge in [-0.05, 0) is 46.1 Å². The van der Waals surface area contributed by atoms with Crippen molar-refractivity contribution in [2.75, 3.05) is 7.11 Å². The Bertz CT molecular complexity index is 525. The number of rotatable bonds is 3. The molecule has 0 aliphatic carbocycles. The quantitative estimate of drug-likeness (QED) is 0.850. The minimum atomic E-state index is 0.865. The van der Waals surface area contributed by atoms with Gasteiger partial charge in [0.1, 0.15) is 5.75 Å². The zero-order valence-electron chi connectivity index (χ0n) is 9.90. The number of methoxy groups -OCH3 is 1. The van der Waals surface area contributed by atoms with E-state index >= 15 is 0 Å². The van der Waals surface area contributed by atoms with Crippen molar-refractivity contribution < 1.29 is 4.74 Å². The first-order chi connectivity index (χ1) is 8.24. The molecule has 0 saturated heterocycles. The number of nitrogens with zero attached hydrogens (tertiary/aromatic N) is 1. The molecule has 2 nitrogen and oxygen atoms in total. The average Bonchev–Trinajstić information content (AvgIpc) is 2.39. The summed E-state index contributed by atoms with van der Waals surface area (Å²) < 4.78 is 6.24. The lowest BCUT2D eigenvalue weighted by Crippen LogP contribution is -1.92. The molecule has 0 N–H and O–H groups in total. The van der Waals surface area contributed by atoms with E-state index < -0.39 is 0 Å². The zero-order chi connectivity index (χ0) is 12.3. The third-order valence-corrected chi connectivity index (χ3v) is 3.09. The first-order valence-corrected chi connectivity index (χ1v) is 6.32. The van der Waals surface area contributed by atoms with Crippen molar-refractivity contribution in [1.29, 1.82) is 0 Å². The molecule has 0 aliphatic rings. The van der Waals surface area contributed by atoms with Crippen LogP contribution >= 0.6 is 15.9 Å². The number of aryl methyl sites for hydroxylation is 1. The molecule has 1 aromatic carbocycles. The fourth-order valence-corrected chi connectivity index (χ4v) is 2.12. The SMILES string of the molecule is CCc1ncc(Br)cc1-c1cccc(OC)c1. The number of ether oxygens (including phenoxy) is 1. The first kappa shape index (κ1) is 12.1. The molecular weight excluding hydrogens is 278 g/mol. The van der Waals surface area contributed by atoms with E-state index in [4.69, 9.17) is 4.74 Å². The second-order valence-corrected chi connectivity index (χ2v) is 4.65. The van der Waals surface area contributed by atoms with Crippen LogP contribution in [-0.2, 0) is 6.42 Å². The molecule has 0 unspecified atom stereocenters. The molecule has 1 aromatic heterocycles. The monoisotopic (exact) mass is 291 g/mol. The summed E-state index contributed by atoms with van der Waals surface area (Å²) in [4.78, 5) is 4.44. The van der Waals surface area contributed by atoms with E-state index in [-0.39, 0.29) is 0 Å². The maximum absolute atomic E-state index is 5.25. The van der Waals surface area contributed by atoms with E-state index in [1.54, 1.807) is 7.11 Å². The molecule has 0 fully saturated rings. The van der Waals surface area contributed by atoms with Gasteiger partial charge in [-0.15, -0.1) is 0 Å². The molecule has 0 bridgehead atoms. The van der Waals surface area contributed by atoms with E-state index in [0.29, 0.717) is 0 Å². The van der Waals surface area contributed by atoms with Crippen LogP contribution in [0.4, 0.5) is 0 Å². The number of hydrogen-bond donors (Lipinski definition) is 0. The van der Waals surface area contributed by atoms with Crippen LogP contribution in [0.3, 0.4) is 0 Å². The summed E-state index contributed by atoms with van der Waals surface area (Å²) in [6.45, 7) is 2.11. The molecule has 2 rings (SSSR count). The Kier molecular flexibility index (Phi) is 3.79. The summed E-state index contributed by atoms with van der Waals surface area (Å²) in [5, 5.41) is 0. The summed E-state index contributed by atoms with van der Waals surface area (Å²) in [6.07, 6.45) is 2.75. The Morgan fingerprint density at radius 2 is 2.12 bits per heavy atom. The van der Waals surface area contributed by atoms with Crippen LogP contribution in [0.15, 0.2) is 41.0 Å². The Balaban J connectivity index is 2.54. The summed E-state index contributed by atoms with van der Waals surface area (Å²) in [6, 6.07) is 10.1. The smallest absolute Gasteiger partial charge is 0.119 e. The molecule has 0 amide bonds. The van der Waals surface area contributed by atoms with Gasteiger partial charge in [-0.2, -0.15) is 0 Å². The van der Waals surface area contributed by atoms with Crippen LogP contribution in [0, 0.1) is 0 Å². The summed E-state index contributed by atoms with van der Waals surface area (Å²) >= 11 is 3.46. The van der Waals surface area contributed by atoms with Gasteiger partial charge in [-0.3, -0.25) is 4.98 Å². The van der Waals surface area contributed by atoms with Gasteiger partial charge in [-0.1, -0.05) is 19.1 Å². The molecule has 1 heterocycles. The number of pyridine rings is 1. The van der Waals surface area contributed by atoms with Crippen LogP contribution in [-0.4, -0.2) is 12.1 Å². The van der Waals surface area contributed by atoms with E-state index in [2.05, 4.69) is 40.0 Å². The maximum atomic E-state index is 5.25. The van der Waals surface area contributed by atoms with Crippen LogP contribution in [0.5, 0.6) is 5.75 Å². The molecule has 2 aromatic rings. The Morgan fingerprint density at radius 1 is 1.29 bits per heavy atom. The highest BCUT2D eigenvalue weighted by Gasteiger charge is 2.06. The molecule has 0 radical (unpaired) electrons. The Hall–Kier alpha value is -1.35. The highest BCUT2D eigenvalue weighted by atomic mass is 79.9. The number of benzene rings is 1. The van der Waals surface area contributed by atoms with E-state index in [0.717, 1.165) is 33.5 Å². The van der Waals surface area contributed by atoms with Crippen molar-refractivity contribution in [1.82, 2.24) is 4.98 Å². The lowest BCUT2D eigenvalue weighted by atomic mass is 10.0. The maximum Gasteiger partial charge on any atom is 0.119 e. The average molecular weight is 292 g/mol. The number of hydrogen-bond acceptors (Lipinski definition) is 2. The fraction of sp³-hybridized carbons (Fsp3) is 0.214. The summed E-state index contributed by atoms with van der Waals surface area (Å²) in [5.41, 5.74) is 3.39. The zero-order valence-corrected chi connectivity index (χ0v) is 11.5. The highest BCUT2D eigenvalue weighted by Crippen LogP contribution is 2.28. The molecule has 3 heteroatoms. The Morgan fingerprint density at radius 3 is 2.82 bits per heavy atom. The van der Waals surface area contributed by atoms with Gasteiger partial charge in [-0.25, -0.2) is 0 Å². The van der Waals surface area contributed by atoms with E-state index in [1.165, 1.54) is 0 Å². The number of aromatic nitrogens is 1. The van der Waals surface area contributed by atoms with E-state index in [1.807, 2.05) is 24.4 Å². The van der Waals surface area contributed by atoms with Crippen molar-refractivity contribution >= 4 is 15.9 Å². The lowest BCUT2D eigenvalue weighted by Gasteiger charge is -2.09. The predicted octanol–water partition coefficient (Wildman–Crippen LogP) is 4.08. The molecule has 0 aliphatic heterocycles. The van der Waals surface area contributed by atoms with Crippen LogP contribution in [0.25, 0.3) is 11.1 Å². The van der Waals surface area contributed by atoms with Crippen molar-refractivity contribution in [3.8, 4) is 16.9 Å². The van der Waals surface area contributed by atoms with Crippen LogP contribution in [0.2, 0.25) is 0 Å². The van der Waals surface area contributed by atoms with Crippen molar-refractivity contribution in [2.24, 2.45) is 0 Å². The first-order valence-electron chi connectivity index (χ1n) is 5.53. The molecular formula is C14H14BrNO. The second kappa shape index (κ2) is 5.32. The fourth-order valence-electron chi connectivity index (χ4n) is 1.79. The van der Waals surface area contributed by atoms with Crippen molar-refractivity contribution in [3.63, 3.8) is 0 Å². The largest absolute Gasteiger partial charge is 0.497 e. The van der Waals surface area contributed by atoms with Gasteiger partial charge in [0.25, 0.3) is 0 Å². The molecule has 0 atom stereocenters. The number of halogens is 1. The van der Waals surface area contributed by atoms with Gasteiger partial charge in [0, 0.05) is 21.9 Å². The molecule has 0 saturated carbocycles. The third kappa shape index (κ3) is 2.67. The Labute approximate surface area is 110 Å². The van der Waals surface area contributed by atoms with Crippen molar-refractivity contribution in [2.45, 2.75) is 13.3 Å². The minimum Gasteiger partial charge on any atom is -0.497 e. The predicted molar refractivity (Wildman–Crippen MR) is 73.3 cm³/mol. The van der Waals surface area contributed by atoms with Gasteiger partial charge < -0.3 is 4.74 Å². The van der Waals surface area contributed by atoms with Gasteiger partial charge in [0.15, 0.2) is 0 Å². The summed E-state index contributed by atoms with van der Waals surface area (Å²) in [5.74, 6) is 0.865. The van der Waals surface area contributed by atoms with Gasteiger partial charge >= 0.3 is 0 Å². The minimum absolute atomic E-state index is 0.865. The van der Waals surface area contributed by atoms with Crippen LogP contribution < -0.4 is 4.74 Å². The second-order valence-electron chi connectivity index (χ2n) is 3.73. The van der Waals surface area contributed by atoms with E-state index in [9.17, 15) is 0 Å². The molecule has 17 heavy (non-hydrogen) atoms. The topological polar surface area (TPSA) is 22.1 Å². The normalized spacial score (nSPS) is 10.3. The van der Waals surface area contributed by atoms with Crippen LogP contribution in [0.1, 0.15) is 12.6 Å². The standard InChI is InChI=1S/C14H14BrNO/c1-3-14-13(8-11(15)9-16-14)10-5-4-6-12(7-10)17-2/h4-9H,3H2,1-2H3. The van der Waals surface area contributed by atoms with Gasteiger partial charge in [0.2, 0.25) is 0 Å². The molecule has 88 valence electrons. The molecule has 0 spiro atoms. The summed E-state index contributed by atoms with van der Waals surface area (Å²) in [7, 11) is 1.68. The third-order valence-electron chi connectivity index (χ3n) is 2.65.